The number of hydrogen-bond acceptors (Lipinski definition) is 5. The SMILES string of the molecule is O=CN1CCN(C(=O)C2CC2C(=O)N2CCN(c3ccccn3)CC2)CC1. The first kappa shape index (κ1) is 17.8. The third-order valence-electron chi connectivity index (χ3n) is 5.76. The van der Waals surface area contributed by atoms with E-state index in [2.05, 4.69) is 9.88 Å². The highest BCUT2D eigenvalue weighted by atomic mass is 16.2. The Hall–Kier alpha value is -2.64. The molecule has 144 valence electrons. The molecule has 0 spiro atoms. The van der Waals surface area contributed by atoms with Gasteiger partial charge in [0.05, 0.1) is 11.8 Å². The van der Waals surface area contributed by atoms with E-state index in [1.807, 2.05) is 23.1 Å². The first-order valence-corrected chi connectivity index (χ1v) is 9.60. The fraction of sp³-hybridized carbons (Fsp3) is 0.579. The third kappa shape index (κ3) is 3.74. The topological polar surface area (TPSA) is 77.1 Å². The Balaban J connectivity index is 1.26. The van der Waals surface area contributed by atoms with E-state index in [1.165, 1.54) is 0 Å². The molecule has 2 atom stereocenters. The molecule has 3 amide bonds. The summed E-state index contributed by atoms with van der Waals surface area (Å²) in [7, 11) is 0. The molecule has 1 aromatic heterocycles. The van der Waals surface area contributed by atoms with Crippen molar-refractivity contribution in [3.63, 3.8) is 0 Å². The molecular formula is C19H25N5O3. The highest BCUT2D eigenvalue weighted by Crippen LogP contribution is 2.41. The maximum absolute atomic E-state index is 12.8. The number of anilines is 1. The molecule has 27 heavy (non-hydrogen) atoms. The Labute approximate surface area is 158 Å². The van der Waals surface area contributed by atoms with Gasteiger partial charge in [0.1, 0.15) is 5.82 Å². The summed E-state index contributed by atoms with van der Waals surface area (Å²) in [4.78, 5) is 48.1. The Morgan fingerprint density at radius 2 is 1.48 bits per heavy atom. The Morgan fingerprint density at radius 1 is 0.889 bits per heavy atom. The van der Waals surface area contributed by atoms with Gasteiger partial charge in [0.25, 0.3) is 0 Å². The van der Waals surface area contributed by atoms with E-state index in [4.69, 9.17) is 0 Å². The molecule has 1 aromatic rings. The van der Waals surface area contributed by atoms with Crippen LogP contribution in [0.2, 0.25) is 0 Å². The minimum atomic E-state index is -0.172. The Morgan fingerprint density at radius 3 is 2.00 bits per heavy atom. The van der Waals surface area contributed by atoms with Crippen LogP contribution in [0.5, 0.6) is 0 Å². The van der Waals surface area contributed by atoms with E-state index in [-0.39, 0.29) is 23.7 Å². The van der Waals surface area contributed by atoms with Crippen molar-refractivity contribution in [3.8, 4) is 0 Å². The van der Waals surface area contributed by atoms with Gasteiger partial charge in [-0.3, -0.25) is 14.4 Å². The largest absolute Gasteiger partial charge is 0.353 e. The van der Waals surface area contributed by atoms with Crippen molar-refractivity contribution in [3.05, 3.63) is 24.4 Å². The molecule has 1 aliphatic carbocycles. The van der Waals surface area contributed by atoms with Crippen molar-refractivity contribution in [1.29, 1.82) is 0 Å². The normalized spacial score (nSPS) is 25.3. The molecule has 8 nitrogen and oxygen atoms in total. The average molecular weight is 371 g/mol. The van der Waals surface area contributed by atoms with E-state index in [9.17, 15) is 14.4 Å². The first-order chi connectivity index (χ1) is 13.2. The minimum absolute atomic E-state index is 0.0750. The van der Waals surface area contributed by atoms with Crippen LogP contribution in [0.3, 0.4) is 0 Å². The molecule has 8 heteroatoms. The van der Waals surface area contributed by atoms with E-state index in [0.717, 1.165) is 25.3 Å². The van der Waals surface area contributed by atoms with Gasteiger partial charge in [-0.05, 0) is 18.6 Å². The molecule has 3 fully saturated rings. The number of nitrogens with zero attached hydrogens (tertiary/aromatic N) is 5. The van der Waals surface area contributed by atoms with Crippen molar-refractivity contribution >= 4 is 24.0 Å². The van der Waals surface area contributed by atoms with Crippen LogP contribution in [0.25, 0.3) is 0 Å². The molecule has 2 unspecified atom stereocenters. The van der Waals surface area contributed by atoms with Gasteiger partial charge in [-0.15, -0.1) is 0 Å². The number of aromatic nitrogens is 1. The predicted molar refractivity (Wildman–Crippen MR) is 98.8 cm³/mol. The number of hydrogen-bond donors (Lipinski definition) is 0. The molecular weight excluding hydrogens is 346 g/mol. The lowest BCUT2D eigenvalue weighted by Gasteiger charge is -2.35. The second kappa shape index (κ2) is 7.54. The van der Waals surface area contributed by atoms with Gasteiger partial charge in [-0.1, -0.05) is 6.07 Å². The van der Waals surface area contributed by atoms with Gasteiger partial charge in [0, 0.05) is 58.6 Å². The summed E-state index contributed by atoms with van der Waals surface area (Å²) in [6, 6.07) is 5.85. The maximum atomic E-state index is 12.8. The van der Waals surface area contributed by atoms with Crippen LogP contribution in [0.4, 0.5) is 5.82 Å². The van der Waals surface area contributed by atoms with Gasteiger partial charge in [0.15, 0.2) is 0 Å². The lowest BCUT2D eigenvalue weighted by atomic mass is 10.2. The zero-order chi connectivity index (χ0) is 18.8. The summed E-state index contributed by atoms with van der Waals surface area (Å²) in [5, 5.41) is 0. The van der Waals surface area contributed by atoms with E-state index < -0.39 is 0 Å². The first-order valence-electron chi connectivity index (χ1n) is 9.60. The van der Waals surface area contributed by atoms with Crippen LogP contribution in [-0.4, -0.2) is 90.3 Å². The molecule has 4 rings (SSSR count). The highest BCUT2D eigenvalue weighted by Gasteiger charge is 2.51. The van der Waals surface area contributed by atoms with Crippen LogP contribution in [0.15, 0.2) is 24.4 Å². The van der Waals surface area contributed by atoms with Gasteiger partial charge in [-0.2, -0.15) is 0 Å². The zero-order valence-electron chi connectivity index (χ0n) is 15.4. The quantitative estimate of drug-likeness (QED) is 0.677. The van der Waals surface area contributed by atoms with Crippen molar-refractivity contribution in [1.82, 2.24) is 19.7 Å². The lowest BCUT2D eigenvalue weighted by Crippen LogP contribution is -2.50. The van der Waals surface area contributed by atoms with E-state index in [1.54, 1.807) is 16.0 Å². The lowest BCUT2D eigenvalue weighted by molar-refractivity contribution is -0.139. The van der Waals surface area contributed by atoms with E-state index >= 15 is 0 Å². The van der Waals surface area contributed by atoms with Gasteiger partial charge >= 0.3 is 0 Å². The number of carbonyl (C=O) groups is 3. The number of rotatable bonds is 4. The van der Waals surface area contributed by atoms with Gasteiger partial charge in [0.2, 0.25) is 18.2 Å². The van der Waals surface area contributed by atoms with Crippen molar-refractivity contribution in [2.24, 2.45) is 11.8 Å². The number of piperazine rings is 2. The Bertz CT molecular complexity index is 697. The molecule has 1 saturated carbocycles. The summed E-state index contributed by atoms with van der Waals surface area (Å²) in [5.74, 6) is 0.794. The fourth-order valence-electron chi connectivity index (χ4n) is 3.95. The van der Waals surface area contributed by atoms with Crippen LogP contribution in [0, 0.1) is 11.8 Å². The third-order valence-corrected chi connectivity index (χ3v) is 5.76. The van der Waals surface area contributed by atoms with Crippen molar-refractivity contribution in [2.75, 3.05) is 57.3 Å². The summed E-state index contributed by atoms with van der Waals surface area (Å²) in [6.07, 6.45) is 3.27. The second-order valence-electron chi connectivity index (χ2n) is 7.42. The maximum Gasteiger partial charge on any atom is 0.226 e. The molecule has 3 aliphatic rings. The summed E-state index contributed by atoms with van der Waals surface area (Å²) in [6.45, 7) is 5.17. The fourth-order valence-corrected chi connectivity index (χ4v) is 3.95. The van der Waals surface area contributed by atoms with Gasteiger partial charge in [-0.25, -0.2) is 4.98 Å². The summed E-state index contributed by atoms with van der Waals surface area (Å²) < 4.78 is 0. The van der Waals surface area contributed by atoms with Crippen LogP contribution >= 0.6 is 0 Å². The standard InChI is InChI=1S/C19H25N5O3/c25-14-21-5-7-23(8-6-21)18(26)15-13-16(15)19(27)24-11-9-22(10-12-24)17-3-1-2-4-20-17/h1-4,14-16H,5-13H2. The highest BCUT2D eigenvalue weighted by molar-refractivity contribution is 5.92. The molecule has 0 radical (unpaired) electrons. The summed E-state index contributed by atoms with van der Waals surface area (Å²) >= 11 is 0. The molecule has 0 bridgehead atoms. The molecule has 0 N–H and O–H groups in total. The predicted octanol–water partition coefficient (Wildman–Crippen LogP) is -0.333. The smallest absolute Gasteiger partial charge is 0.226 e. The van der Waals surface area contributed by atoms with Crippen LogP contribution in [0.1, 0.15) is 6.42 Å². The number of pyridine rings is 1. The Kier molecular flexibility index (Phi) is 4.96. The number of carbonyl (C=O) groups excluding carboxylic acids is 3. The molecule has 2 aliphatic heterocycles. The van der Waals surface area contributed by atoms with Crippen LogP contribution < -0.4 is 4.90 Å². The van der Waals surface area contributed by atoms with Crippen molar-refractivity contribution in [2.45, 2.75) is 6.42 Å². The molecule has 0 aromatic carbocycles. The number of amides is 3. The second-order valence-corrected chi connectivity index (χ2v) is 7.42. The zero-order valence-corrected chi connectivity index (χ0v) is 15.4. The minimum Gasteiger partial charge on any atom is -0.353 e. The molecule has 3 heterocycles. The van der Waals surface area contributed by atoms with Crippen LogP contribution in [-0.2, 0) is 14.4 Å². The average Bonchev–Trinajstić information content (AvgIpc) is 3.54. The van der Waals surface area contributed by atoms with Crippen molar-refractivity contribution < 1.29 is 14.4 Å². The van der Waals surface area contributed by atoms with Gasteiger partial charge < -0.3 is 19.6 Å². The molecule has 2 saturated heterocycles. The summed E-state index contributed by atoms with van der Waals surface area (Å²) in [5.41, 5.74) is 0. The van der Waals surface area contributed by atoms with E-state index in [0.29, 0.717) is 45.7 Å². The monoisotopic (exact) mass is 371 g/mol.